The van der Waals surface area contributed by atoms with E-state index in [0.717, 1.165) is 37.8 Å². The molecule has 1 aromatic rings. The van der Waals surface area contributed by atoms with Crippen molar-refractivity contribution in [1.82, 2.24) is 20.3 Å². The van der Waals surface area contributed by atoms with Crippen LogP contribution in [0.2, 0.25) is 0 Å². The fourth-order valence-electron chi connectivity index (χ4n) is 3.14. The number of piperidine rings is 1. The van der Waals surface area contributed by atoms with Gasteiger partial charge in [-0.1, -0.05) is 13.0 Å². The maximum absolute atomic E-state index is 11.2. The van der Waals surface area contributed by atoms with Crippen LogP contribution in [0.5, 0.6) is 0 Å². The third-order valence-corrected chi connectivity index (χ3v) is 6.38. The number of hydrogen-bond donors (Lipinski definition) is 3. The second kappa shape index (κ2) is 13.0. The minimum Gasteiger partial charge on any atom is -0.357 e. The maximum Gasteiger partial charge on any atom is 0.208 e. The Morgan fingerprint density at radius 3 is 2.61 bits per heavy atom. The first-order valence-corrected chi connectivity index (χ1v) is 12.4. The molecule has 2 heterocycles. The van der Waals surface area contributed by atoms with Crippen LogP contribution in [0.15, 0.2) is 22.5 Å². The quantitative estimate of drug-likeness (QED) is 0.193. The molecule has 10 heteroatoms. The second-order valence-corrected chi connectivity index (χ2v) is 9.87. The molecular formula is C18H34IN5O2S2. The van der Waals surface area contributed by atoms with Crippen molar-refractivity contribution in [3.63, 3.8) is 0 Å². The third-order valence-electron chi connectivity index (χ3n) is 4.68. The van der Waals surface area contributed by atoms with Crippen molar-refractivity contribution in [3.05, 3.63) is 22.4 Å². The van der Waals surface area contributed by atoms with Crippen LogP contribution in [0, 0.1) is 5.92 Å². The van der Waals surface area contributed by atoms with Crippen molar-refractivity contribution in [2.75, 3.05) is 45.5 Å². The zero-order valence-corrected chi connectivity index (χ0v) is 20.9. The highest BCUT2D eigenvalue weighted by Gasteiger charge is 2.25. The van der Waals surface area contributed by atoms with Crippen LogP contribution in [0.4, 0.5) is 0 Å². The number of thiophene rings is 1. The van der Waals surface area contributed by atoms with E-state index in [9.17, 15) is 8.42 Å². The molecule has 0 saturated carbocycles. The number of nitrogens with one attached hydrogen (secondary N) is 3. The number of halogens is 1. The van der Waals surface area contributed by atoms with Crippen LogP contribution < -0.4 is 15.4 Å². The van der Waals surface area contributed by atoms with E-state index >= 15 is 0 Å². The minimum atomic E-state index is -3.16. The SMILES string of the molecule is CCNC(=NCC(c1cccs1)N1CCC(C)CC1)NCCNS(C)(=O)=O.I. The van der Waals surface area contributed by atoms with Crippen molar-refractivity contribution in [2.45, 2.75) is 32.7 Å². The normalized spacial score (nSPS) is 17.8. The lowest BCUT2D eigenvalue weighted by Gasteiger charge is -2.35. The fourth-order valence-corrected chi connectivity index (χ4v) is 4.47. The summed E-state index contributed by atoms with van der Waals surface area (Å²) in [5.41, 5.74) is 0. The molecule has 1 aliphatic heterocycles. The van der Waals surface area contributed by atoms with Gasteiger partial charge in [-0.15, -0.1) is 35.3 Å². The Kier molecular flexibility index (Phi) is 11.9. The summed E-state index contributed by atoms with van der Waals surface area (Å²) in [7, 11) is -3.16. The Morgan fingerprint density at radius 1 is 1.32 bits per heavy atom. The third kappa shape index (κ3) is 9.38. The van der Waals surface area contributed by atoms with E-state index < -0.39 is 10.0 Å². The number of sulfonamides is 1. The van der Waals surface area contributed by atoms with E-state index in [1.165, 1.54) is 17.7 Å². The van der Waals surface area contributed by atoms with Gasteiger partial charge in [0.05, 0.1) is 18.8 Å². The first kappa shape index (κ1) is 25.6. The molecule has 1 atom stereocenters. The molecule has 2 rings (SSSR count). The highest BCUT2D eigenvalue weighted by molar-refractivity contribution is 14.0. The lowest BCUT2D eigenvalue weighted by molar-refractivity contribution is 0.143. The van der Waals surface area contributed by atoms with Crippen molar-refractivity contribution in [1.29, 1.82) is 0 Å². The van der Waals surface area contributed by atoms with E-state index in [2.05, 4.69) is 44.7 Å². The van der Waals surface area contributed by atoms with E-state index in [4.69, 9.17) is 4.99 Å². The monoisotopic (exact) mass is 543 g/mol. The molecule has 0 aliphatic carbocycles. The Balaban J connectivity index is 0.00000392. The van der Waals surface area contributed by atoms with Gasteiger partial charge in [0.25, 0.3) is 0 Å². The van der Waals surface area contributed by atoms with Gasteiger partial charge in [-0.3, -0.25) is 9.89 Å². The van der Waals surface area contributed by atoms with E-state index in [1.54, 1.807) is 11.3 Å². The zero-order chi connectivity index (χ0) is 19.7. The van der Waals surface area contributed by atoms with Crippen molar-refractivity contribution in [3.8, 4) is 0 Å². The fraction of sp³-hybridized carbons (Fsp3) is 0.722. The van der Waals surface area contributed by atoms with E-state index in [-0.39, 0.29) is 24.0 Å². The summed E-state index contributed by atoms with van der Waals surface area (Å²) in [6.07, 6.45) is 3.64. The van der Waals surface area contributed by atoms with Gasteiger partial charge < -0.3 is 10.6 Å². The molecule has 1 saturated heterocycles. The summed E-state index contributed by atoms with van der Waals surface area (Å²) >= 11 is 1.79. The first-order chi connectivity index (χ1) is 12.9. The van der Waals surface area contributed by atoms with Gasteiger partial charge in [0.1, 0.15) is 0 Å². The summed E-state index contributed by atoms with van der Waals surface area (Å²) in [6.45, 7) is 8.84. The molecule has 28 heavy (non-hydrogen) atoms. The molecule has 3 N–H and O–H groups in total. The predicted octanol–water partition coefficient (Wildman–Crippen LogP) is 2.24. The molecule has 0 aromatic carbocycles. The predicted molar refractivity (Wildman–Crippen MR) is 129 cm³/mol. The van der Waals surface area contributed by atoms with Crippen molar-refractivity contribution in [2.24, 2.45) is 10.9 Å². The zero-order valence-electron chi connectivity index (χ0n) is 17.0. The molecule has 0 amide bonds. The van der Waals surface area contributed by atoms with E-state index in [1.807, 2.05) is 6.92 Å². The Bertz CT molecular complexity index is 674. The molecule has 0 radical (unpaired) electrons. The Morgan fingerprint density at radius 2 is 2.04 bits per heavy atom. The molecule has 0 spiro atoms. The van der Waals surface area contributed by atoms with Gasteiger partial charge >= 0.3 is 0 Å². The highest BCUT2D eigenvalue weighted by Crippen LogP contribution is 2.29. The largest absolute Gasteiger partial charge is 0.357 e. The van der Waals surface area contributed by atoms with Crippen LogP contribution in [-0.2, 0) is 10.0 Å². The number of hydrogen-bond acceptors (Lipinski definition) is 5. The molecule has 1 aromatic heterocycles. The van der Waals surface area contributed by atoms with Gasteiger partial charge in [0.2, 0.25) is 10.0 Å². The van der Waals surface area contributed by atoms with Gasteiger partial charge in [-0.25, -0.2) is 13.1 Å². The summed E-state index contributed by atoms with van der Waals surface area (Å²) in [4.78, 5) is 8.68. The smallest absolute Gasteiger partial charge is 0.208 e. The lowest BCUT2D eigenvalue weighted by Crippen LogP contribution is -2.42. The number of nitrogens with zero attached hydrogens (tertiary/aromatic N) is 2. The summed E-state index contributed by atoms with van der Waals surface area (Å²) in [6, 6.07) is 4.59. The average Bonchev–Trinajstić information content (AvgIpc) is 3.13. The molecule has 0 bridgehead atoms. The number of aliphatic imine (C=N–C) groups is 1. The number of likely N-dealkylation sites (tertiary alicyclic amines) is 1. The van der Waals surface area contributed by atoms with Gasteiger partial charge in [0.15, 0.2) is 5.96 Å². The maximum atomic E-state index is 11.2. The number of rotatable bonds is 9. The standard InChI is InChI=1S/C18H33N5O2S2.HI/c1-4-19-18(20-9-10-22-27(3,24)25)21-14-16(17-6-5-13-26-17)23-11-7-15(2)8-12-23;/h5-6,13,15-16,22H,4,7-12,14H2,1-3H3,(H2,19,20,21);1H. The van der Waals surface area contributed by atoms with Crippen LogP contribution >= 0.6 is 35.3 Å². The van der Waals surface area contributed by atoms with Crippen LogP contribution in [-0.4, -0.2) is 64.8 Å². The Hall–Kier alpha value is -0.430. The lowest BCUT2D eigenvalue weighted by atomic mass is 9.97. The topological polar surface area (TPSA) is 85.8 Å². The average molecular weight is 544 g/mol. The summed E-state index contributed by atoms with van der Waals surface area (Å²) in [5.74, 6) is 1.52. The number of guanidine groups is 1. The molecule has 1 fully saturated rings. The van der Waals surface area contributed by atoms with Crippen LogP contribution in [0.1, 0.15) is 37.6 Å². The van der Waals surface area contributed by atoms with Gasteiger partial charge in [-0.2, -0.15) is 0 Å². The molecular weight excluding hydrogens is 509 g/mol. The van der Waals surface area contributed by atoms with Gasteiger partial charge in [-0.05, 0) is 50.2 Å². The minimum absolute atomic E-state index is 0. The Labute approximate surface area is 190 Å². The first-order valence-electron chi connectivity index (χ1n) is 9.63. The molecule has 7 nitrogen and oxygen atoms in total. The summed E-state index contributed by atoms with van der Waals surface area (Å²) in [5, 5.41) is 8.56. The van der Waals surface area contributed by atoms with Crippen LogP contribution in [0.3, 0.4) is 0 Å². The van der Waals surface area contributed by atoms with Crippen molar-refractivity contribution < 1.29 is 8.42 Å². The molecule has 162 valence electrons. The summed E-state index contributed by atoms with van der Waals surface area (Å²) < 4.78 is 24.8. The highest BCUT2D eigenvalue weighted by atomic mass is 127. The second-order valence-electron chi connectivity index (χ2n) is 7.06. The van der Waals surface area contributed by atoms with Gasteiger partial charge in [0, 0.05) is 24.5 Å². The van der Waals surface area contributed by atoms with Crippen LogP contribution in [0.25, 0.3) is 0 Å². The molecule has 1 unspecified atom stereocenters. The van der Waals surface area contributed by atoms with E-state index in [0.29, 0.717) is 25.7 Å². The van der Waals surface area contributed by atoms with Crippen molar-refractivity contribution >= 4 is 51.3 Å². The molecule has 1 aliphatic rings.